The molecule has 0 N–H and O–H groups in total. The molecule has 2 nitrogen and oxygen atoms in total. The van der Waals surface area contributed by atoms with Crippen molar-refractivity contribution in [1.29, 1.82) is 0 Å². The van der Waals surface area contributed by atoms with Crippen LogP contribution in [0.4, 0.5) is 0 Å². The summed E-state index contributed by atoms with van der Waals surface area (Å²) in [6.07, 6.45) is 1.69. The highest BCUT2D eigenvalue weighted by atomic mass is 32.1. The molecule has 13 heavy (non-hydrogen) atoms. The van der Waals surface area contributed by atoms with Gasteiger partial charge in [-0.05, 0) is 23.8 Å². The minimum atomic E-state index is 0.269. The second-order valence-corrected chi connectivity index (χ2v) is 4.28. The van der Waals surface area contributed by atoms with Crippen LogP contribution in [0.3, 0.4) is 0 Å². The highest BCUT2D eigenvalue weighted by Crippen LogP contribution is 2.20. The molecule has 0 aromatic carbocycles. The Morgan fingerprint density at radius 3 is 3.23 bits per heavy atom. The molecule has 0 bridgehead atoms. The van der Waals surface area contributed by atoms with Crippen LogP contribution in [0.25, 0.3) is 0 Å². The Morgan fingerprint density at radius 2 is 2.62 bits per heavy atom. The third-order valence-electron chi connectivity index (χ3n) is 2.29. The van der Waals surface area contributed by atoms with Crippen LogP contribution in [0.15, 0.2) is 17.5 Å². The SMILES string of the molecule is O=C(CC1CCOC1)c1cccs1. The van der Waals surface area contributed by atoms with Gasteiger partial charge in [-0.3, -0.25) is 4.79 Å². The van der Waals surface area contributed by atoms with Gasteiger partial charge in [-0.1, -0.05) is 6.07 Å². The summed E-state index contributed by atoms with van der Waals surface area (Å²) in [5, 5.41) is 1.94. The number of ketones is 1. The van der Waals surface area contributed by atoms with Crippen LogP contribution in [0.2, 0.25) is 0 Å². The molecule has 0 amide bonds. The summed E-state index contributed by atoms with van der Waals surface area (Å²) in [6, 6.07) is 3.81. The Hall–Kier alpha value is -0.670. The number of carbonyl (C=O) groups excluding carboxylic acids is 1. The van der Waals surface area contributed by atoms with Gasteiger partial charge < -0.3 is 4.74 Å². The normalized spacial score (nSPS) is 22.0. The number of thiophene rings is 1. The molecule has 2 heterocycles. The van der Waals surface area contributed by atoms with E-state index in [0.717, 1.165) is 24.5 Å². The molecule has 2 rings (SSSR count). The smallest absolute Gasteiger partial charge is 0.173 e. The molecule has 1 aromatic heterocycles. The highest BCUT2D eigenvalue weighted by Gasteiger charge is 2.20. The van der Waals surface area contributed by atoms with E-state index in [1.807, 2.05) is 17.5 Å². The first kappa shape index (κ1) is 8.91. The number of hydrogen-bond acceptors (Lipinski definition) is 3. The lowest BCUT2D eigenvalue weighted by Gasteiger charge is -2.03. The summed E-state index contributed by atoms with van der Waals surface area (Å²) in [5.41, 5.74) is 0. The third-order valence-corrected chi connectivity index (χ3v) is 3.20. The fourth-order valence-electron chi connectivity index (χ4n) is 1.54. The monoisotopic (exact) mass is 196 g/mol. The van der Waals surface area contributed by atoms with E-state index >= 15 is 0 Å². The molecule has 0 saturated carbocycles. The molecule has 1 atom stereocenters. The maximum Gasteiger partial charge on any atom is 0.173 e. The van der Waals surface area contributed by atoms with E-state index in [2.05, 4.69) is 0 Å². The van der Waals surface area contributed by atoms with Crippen molar-refractivity contribution < 1.29 is 9.53 Å². The lowest BCUT2D eigenvalue weighted by atomic mass is 10.0. The van der Waals surface area contributed by atoms with Crippen LogP contribution in [-0.2, 0) is 4.74 Å². The van der Waals surface area contributed by atoms with Crippen LogP contribution >= 0.6 is 11.3 Å². The number of carbonyl (C=O) groups is 1. The summed E-state index contributed by atoms with van der Waals surface area (Å²) >= 11 is 1.52. The third kappa shape index (κ3) is 2.17. The van der Waals surface area contributed by atoms with Crippen molar-refractivity contribution in [2.75, 3.05) is 13.2 Å². The van der Waals surface area contributed by atoms with Gasteiger partial charge in [0.1, 0.15) is 0 Å². The van der Waals surface area contributed by atoms with E-state index in [4.69, 9.17) is 4.74 Å². The van der Waals surface area contributed by atoms with Gasteiger partial charge in [-0.2, -0.15) is 0 Å². The van der Waals surface area contributed by atoms with Gasteiger partial charge in [0.25, 0.3) is 0 Å². The molecule has 1 aromatic rings. The summed E-state index contributed by atoms with van der Waals surface area (Å²) in [6.45, 7) is 1.58. The van der Waals surface area contributed by atoms with Gasteiger partial charge in [0, 0.05) is 19.6 Å². The van der Waals surface area contributed by atoms with E-state index in [9.17, 15) is 4.79 Å². The van der Waals surface area contributed by atoms with Gasteiger partial charge in [-0.15, -0.1) is 11.3 Å². The van der Waals surface area contributed by atoms with Crippen molar-refractivity contribution in [1.82, 2.24) is 0 Å². The van der Waals surface area contributed by atoms with E-state index in [-0.39, 0.29) is 5.78 Å². The number of hydrogen-bond donors (Lipinski definition) is 0. The zero-order chi connectivity index (χ0) is 9.10. The minimum Gasteiger partial charge on any atom is -0.381 e. The quantitative estimate of drug-likeness (QED) is 0.694. The molecule has 0 aliphatic carbocycles. The fraction of sp³-hybridized carbons (Fsp3) is 0.500. The van der Waals surface area contributed by atoms with E-state index < -0.39 is 0 Å². The minimum absolute atomic E-state index is 0.269. The highest BCUT2D eigenvalue weighted by molar-refractivity contribution is 7.12. The first-order valence-electron chi connectivity index (χ1n) is 4.50. The van der Waals surface area contributed by atoms with Crippen LogP contribution < -0.4 is 0 Å². The second-order valence-electron chi connectivity index (χ2n) is 3.33. The lowest BCUT2D eigenvalue weighted by molar-refractivity contribution is 0.0956. The van der Waals surface area contributed by atoms with Crippen molar-refractivity contribution >= 4 is 17.1 Å². The number of rotatable bonds is 3. The molecule has 3 heteroatoms. The van der Waals surface area contributed by atoms with Crippen molar-refractivity contribution in [2.45, 2.75) is 12.8 Å². The molecule has 70 valence electrons. The van der Waals surface area contributed by atoms with Crippen molar-refractivity contribution in [2.24, 2.45) is 5.92 Å². The maximum absolute atomic E-state index is 11.6. The number of Topliss-reactive ketones (excluding diaryl/α,β-unsaturated/α-hetero) is 1. The Morgan fingerprint density at radius 1 is 1.69 bits per heavy atom. The van der Waals surface area contributed by atoms with E-state index in [1.54, 1.807) is 0 Å². The molecular formula is C10H12O2S. The molecule has 1 fully saturated rings. The Labute approximate surface area is 81.5 Å². The molecule has 1 aliphatic heterocycles. The van der Waals surface area contributed by atoms with Crippen molar-refractivity contribution in [3.63, 3.8) is 0 Å². The molecule has 0 spiro atoms. The van der Waals surface area contributed by atoms with Gasteiger partial charge in [0.2, 0.25) is 0 Å². The fourth-order valence-corrected chi connectivity index (χ4v) is 2.22. The Bertz CT molecular complexity index is 273. The number of ether oxygens (including phenoxy) is 1. The molecule has 1 saturated heterocycles. The summed E-state index contributed by atoms with van der Waals surface area (Å²) in [5.74, 6) is 0.722. The predicted molar refractivity (Wildman–Crippen MR) is 52.2 cm³/mol. The average Bonchev–Trinajstić information content (AvgIpc) is 2.74. The first-order valence-corrected chi connectivity index (χ1v) is 5.38. The largest absolute Gasteiger partial charge is 0.381 e. The van der Waals surface area contributed by atoms with Crippen molar-refractivity contribution in [3.05, 3.63) is 22.4 Å². The van der Waals surface area contributed by atoms with E-state index in [0.29, 0.717) is 12.3 Å². The van der Waals surface area contributed by atoms with Crippen LogP contribution in [-0.4, -0.2) is 19.0 Å². The molecule has 1 unspecified atom stereocenters. The van der Waals surface area contributed by atoms with E-state index in [1.165, 1.54) is 11.3 Å². The maximum atomic E-state index is 11.6. The van der Waals surface area contributed by atoms with Gasteiger partial charge in [0.15, 0.2) is 5.78 Å². The lowest BCUT2D eigenvalue weighted by Crippen LogP contribution is -2.07. The average molecular weight is 196 g/mol. The second kappa shape index (κ2) is 4.03. The standard InChI is InChI=1S/C10H12O2S/c11-9(10-2-1-5-13-10)6-8-3-4-12-7-8/h1-2,5,8H,3-4,6-7H2. The molecule has 0 radical (unpaired) electrons. The predicted octanol–water partition coefficient (Wildman–Crippen LogP) is 2.36. The van der Waals surface area contributed by atoms with Crippen LogP contribution in [0, 0.1) is 5.92 Å². The van der Waals surface area contributed by atoms with Gasteiger partial charge in [0.05, 0.1) is 4.88 Å². The van der Waals surface area contributed by atoms with Crippen LogP contribution in [0.1, 0.15) is 22.5 Å². The van der Waals surface area contributed by atoms with Crippen molar-refractivity contribution in [3.8, 4) is 0 Å². The van der Waals surface area contributed by atoms with Crippen LogP contribution in [0.5, 0.6) is 0 Å². The summed E-state index contributed by atoms with van der Waals surface area (Å²) in [7, 11) is 0. The Kier molecular flexibility index (Phi) is 2.76. The van der Waals surface area contributed by atoms with Gasteiger partial charge in [-0.25, -0.2) is 0 Å². The zero-order valence-electron chi connectivity index (χ0n) is 7.36. The molecule has 1 aliphatic rings. The summed E-state index contributed by atoms with van der Waals surface area (Å²) < 4.78 is 5.23. The zero-order valence-corrected chi connectivity index (χ0v) is 8.18. The Balaban J connectivity index is 1.91. The summed E-state index contributed by atoms with van der Waals surface area (Å²) in [4.78, 5) is 12.5. The van der Waals surface area contributed by atoms with Gasteiger partial charge >= 0.3 is 0 Å². The first-order chi connectivity index (χ1) is 6.36. The topological polar surface area (TPSA) is 26.3 Å². The molecular weight excluding hydrogens is 184 g/mol.